The second kappa shape index (κ2) is 3.39. The van der Waals surface area contributed by atoms with Crippen molar-refractivity contribution in [1.82, 2.24) is 10.2 Å². The molecule has 0 spiro atoms. The van der Waals surface area contributed by atoms with Gasteiger partial charge in [0.15, 0.2) is 5.82 Å². The molecule has 2 heterocycles. The van der Waals surface area contributed by atoms with Gasteiger partial charge in [-0.1, -0.05) is 0 Å². The molecule has 2 rings (SSSR count). The van der Waals surface area contributed by atoms with E-state index < -0.39 is 43.6 Å². The Morgan fingerprint density at radius 3 is 2.92 bits per heavy atom. The maximum Gasteiger partial charge on any atom is 0.151 e. The summed E-state index contributed by atoms with van der Waals surface area (Å²) < 4.78 is 77.2. The summed E-state index contributed by atoms with van der Waals surface area (Å²) in [6, 6.07) is -1.19. The van der Waals surface area contributed by atoms with Crippen molar-refractivity contribution >= 4 is 21.7 Å². The monoisotopic (exact) mass is 237 g/mol. The average molecular weight is 238 g/mol. The number of rotatable bonds is 1. The highest BCUT2D eigenvalue weighted by atomic mass is 79.9. The molecule has 1 saturated heterocycles. The first-order valence-electron chi connectivity index (χ1n) is 8.01. The van der Waals surface area contributed by atoms with Crippen LogP contribution >= 0.6 is 15.9 Å². The lowest BCUT2D eigenvalue weighted by Gasteiger charge is -2.14. The van der Waals surface area contributed by atoms with E-state index in [2.05, 4.69) is 26.1 Å². The molecule has 1 aliphatic heterocycles. The molecule has 0 bridgehead atoms. The number of hydrogen-bond donors (Lipinski definition) is 0. The summed E-state index contributed by atoms with van der Waals surface area (Å²) in [7, 11) is 0. The maximum atomic E-state index is 7.83. The molecule has 1 fully saturated rings. The Balaban J connectivity index is 2.78. The van der Waals surface area contributed by atoms with Crippen LogP contribution in [0.5, 0.6) is 0 Å². The Morgan fingerprint density at radius 1 is 1.42 bits per heavy atom. The predicted molar refractivity (Wildman–Crippen MR) is 51.2 cm³/mol. The fourth-order valence-electron chi connectivity index (χ4n) is 0.651. The van der Waals surface area contributed by atoms with Crippen LogP contribution in [0.2, 0.25) is 0 Å². The summed E-state index contributed by atoms with van der Waals surface area (Å²) in [6.45, 7) is -6.30. The van der Waals surface area contributed by atoms with E-state index in [-0.39, 0.29) is 9.50 Å². The molecule has 1 aromatic rings. The second-order valence-electron chi connectivity index (χ2n) is 1.87. The summed E-state index contributed by atoms with van der Waals surface area (Å²) in [6.07, 6.45) is -6.46. The van der Waals surface area contributed by atoms with E-state index in [0.29, 0.717) is 0 Å². The predicted octanol–water partition coefficient (Wildman–Crippen LogP) is 1.84. The van der Waals surface area contributed by atoms with E-state index in [4.69, 9.17) is 13.7 Å². The third kappa shape index (κ3) is 1.58. The van der Waals surface area contributed by atoms with Crippen LogP contribution in [0, 0.1) is 0 Å². The Kier molecular flexibility index (Phi) is 0.689. The Labute approximate surface area is 94.0 Å². The minimum Gasteiger partial charge on any atom is -0.355 e. The van der Waals surface area contributed by atoms with Crippen molar-refractivity contribution < 1.29 is 13.7 Å². The van der Waals surface area contributed by atoms with Gasteiger partial charge in [0.05, 0.1) is 2.74 Å². The quantitative estimate of drug-likeness (QED) is 0.747. The topological polar surface area (TPSA) is 29.0 Å². The van der Waals surface area contributed by atoms with Crippen LogP contribution in [0.1, 0.15) is 26.5 Å². The van der Waals surface area contributed by atoms with E-state index in [9.17, 15) is 0 Å². The molecule has 0 amide bonds. The van der Waals surface area contributed by atoms with Gasteiger partial charge in [0.25, 0.3) is 0 Å². The maximum absolute atomic E-state index is 7.83. The standard InChI is InChI=1S/C8H10BrN3/c9-7-3-4-8(11-10-7)12-5-1-2-6-12/h3-4H,1-2,5-6H2/i1D2,2D2,3D,4D,5D2,6D2. The van der Waals surface area contributed by atoms with E-state index in [1.54, 1.807) is 0 Å². The van der Waals surface area contributed by atoms with Gasteiger partial charge >= 0.3 is 0 Å². The molecule has 4 heteroatoms. The van der Waals surface area contributed by atoms with Gasteiger partial charge in [0, 0.05) is 24.0 Å². The molecule has 3 nitrogen and oxygen atoms in total. The van der Waals surface area contributed by atoms with Gasteiger partial charge in [-0.25, -0.2) is 0 Å². The van der Waals surface area contributed by atoms with Crippen LogP contribution in [0.3, 0.4) is 0 Å². The van der Waals surface area contributed by atoms with Crippen molar-refractivity contribution in [3.8, 4) is 0 Å². The Hall–Kier alpha value is -0.640. The minimum atomic E-state index is -3.23. The molecule has 0 saturated carbocycles. The Morgan fingerprint density at radius 2 is 2.17 bits per heavy atom. The number of halogens is 1. The lowest BCUT2D eigenvalue weighted by Crippen LogP contribution is -2.19. The fourth-order valence-corrected chi connectivity index (χ4v) is 0.829. The zero-order valence-electron chi connectivity index (χ0n) is 15.7. The largest absolute Gasteiger partial charge is 0.355 e. The molecule has 64 valence electrons. The van der Waals surface area contributed by atoms with Crippen LogP contribution in [-0.4, -0.2) is 23.2 Å². The first-order valence-corrected chi connectivity index (χ1v) is 3.80. The minimum absolute atomic E-state index is 0.111. The fraction of sp³-hybridized carbons (Fsp3) is 0.500. The molecule has 0 unspecified atom stereocenters. The molecule has 0 radical (unpaired) electrons. The van der Waals surface area contributed by atoms with Crippen molar-refractivity contribution in [2.24, 2.45) is 0 Å². The molecule has 1 aliphatic rings. The SMILES string of the molecule is [2H]c1c(Br)nnc(N2C([2H])([2H])C([2H])([2H])C([2H])([2H])C2([2H])[2H])c1[2H]. The van der Waals surface area contributed by atoms with Crippen LogP contribution in [0.25, 0.3) is 0 Å². The third-order valence-electron chi connectivity index (χ3n) is 1.12. The summed E-state index contributed by atoms with van der Waals surface area (Å²) in [5.41, 5.74) is 0. The van der Waals surface area contributed by atoms with E-state index in [1.165, 1.54) is 0 Å². The van der Waals surface area contributed by atoms with Crippen LogP contribution < -0.4 is 4.90 Å². The van der Waals surface area contributed by atoms with Gasteiger partial charge in [-0.15, -0.1) is 10.2 Å². The van der Waals surface area contributed by atoms with Crippen molar-refractivity contribution in [2.45, 2.75) is 12.7 Å². The molecular weight excluding hydrogens is 218 g/mol. The van der Waals surface area contributed by atoms with Crippen molar-refractivity contribution in [1.29, 1.82) is 0 Å². The van der Waals surface area contributed by atoms with Crippen molar-refractivity contribution in [3.05, 3.63) is 16.7 Å². The molecule has 0 atom stereocenters. The lowest BCUT2D eigenvalue weighted by molar-refractivity contribution is 0.886. The normalized spacial score (nSPS) is 45.9. The zero-order valence-corrected chi connectivity index (χ0v) is 7.31. The summed E-state index contributed by atoms with van der Waals surface area (Å²) in [5, 5.41) is 6.90. The zero-order chi connectivity index (χ0) is 17.3. The van der Waals surface area contributed by atoms with Crippen molar-refractivity contribution in [2.75, 3.05) is 17.9 Å². The highest BCUT2D eigenvalue weighted by molar-refractivity contribution is 9.10. The van der Waals surface area contributed by atoms with Crippen LogP contribution in [-0.2, 0) is 0 Å². The summed E-state index contributed by atoms with van der Waals surface area (Å²) in [5.74, 6) is -0.742. The number of hydrogen-bond acceptors (Lipinski definition) is 3. The second-order valence-corrected chi connectivity index (χ2v) is 2.62. The Bertz CT molecular complexity index is 607. The van der Waals surface area contributed by atoms with Gasteiger partial charge in [-0.05, 0) is 40.8 Å². The van der Waals surface area contributed by atoms with Crippen LogP contribution in [0.4, 0.5) is 5.82 Å². The van der Waals surface area contributed by atoms with Gasteiger partial charge in [0.1, 0.15) is 4.60 Å². The number of aromatic nitrogens is 2. The highest BCUT2D eigenvalue weighted by Gasteiger charge is 2.12. The first-order chi connectivity index (χ1) is 9.71. The van der Waals surface area contributed by atoms with Gasteiger partial charge in [0.2, 0.25) is 0 Å². The van der Waals surface area contributed by atoms with Gasteiger partial charge in [-0.3, -0.25) is 0 Å². The van der Waals surface area contributed by atoms with E-state index in [1.807, 2.05) is 0 Å². The van der Waals surface area contributed by atoms with Crippen LogP contribution in [0.15, 0.2) is 16.7 Å². The number of nitrogens with zero attached hydrogens (tertiary/aromatic N) is 3. The van der Waals surface area contributed by atoms with E-state index in [0.717, 1.165) is 0 Å². The van der Waals surface area contributed by atoms with Gasteiger partial charge < -0.3 is 4.90 Å². The average Bonchev–Trinajstić information content (AvgIpc) is 2.44. The first kappa shape index (κ1) is 2.44. The summed E-state index contributed by atoms with van der Waals surface area (Å²) in [4.78, 5) is 0.111. The lowest BCUT2D eigenvalue weighted by atomic mass is 10.4. The third-order valence-corrected chi connectivity index (χ3v) is 1.48. The van der Waals surface area contributed by atoms with E-state index >= 15 is 0 Å². The van der Waals surface area contributed by atoms with Gasteiger partial charge in [-0.2, -0.15) is 0 Å². The molecule has 0 N–H and O–H groups in total. The highest BCUT2D eigenvalue weighted by Crippen LogP contribution is 2.17. The molecule has 0 aromatic carbocycles. The molecule has 12 heavy (non-hydrogen) atoms. The molecule has 0 aliphatic carbocycles. The molecular formula is C8H10BrN3. The molecule has 1 aromatic heterocycles. The van der Waals surface area contributed by atoms with Crippen molar-refractivity contribution in [3.63, 3.8) is 0 Å². The summed E-state index contributed by atoms with van der Waals surface area (Å²) >= 11 is 2.86. The smallest absolute Gasteiger partial charge is 0.151 e. The number of anilines is 1.